The summed E-state index contributed by atoms with van der Waals surface area (Å²) in [5, 5.41) is 9.11. The van der Waals surface area contributed by atoms with E-state index < -0.39 is 5.97 Å². The highest BCUT2D eigenvalue weighted by molar-refractivity contribution is 5.89. The van der Waals surface area contributed by atoms with Crippen LogP contribution in [0.5, 0.6) is 0 Å². The monoisotopic (exact) mass is 456 g/mol. The first-order chi connectivity index (χ1) is 15.8. The van der Waals surface area contributed by atoms with Crippen molar-refractivity contribution >= 4 is 23.7 Å². The Morgan fingerprint density at radius 3 is 2.52 bits per heavy atom. The average Bonchev–Trinajstić information content (AvgIpc) is 3.08. The minimum absolute atomic E-state index is 0.00403. The van der Waals surface area contributed by atoms with Crippen molar-refractivity contribution in [3.05, 3.63) is 35.9 Å². The van der Waals surface area contributed by atoms with Crippen molar-refractivity contribution in [2.24, 2.45) is 5.92 Å². The number of likely N-dealkylation sites (tertiary alicyclic amines) is 2. The van der Waals surface area contributed by atoms with Crippen LogP contribution in [-0.4, -0.2) is 100 Å². The summed E-state index contributed by atoms with van der Waals surface area (Å²) in [6.45, 7) is 2.79. The predicted molar refractivity (Wildman–Crippen MR) is 120 cm³/mol. The van der Waals surface area contributed by atoms with Crippen LogP contribution in [0.15, 0.2) is 30.3 Å². The van der Waals surface area contributed by atoms with Gasteiger partial charge >= 0.3 is 5.97 Å². The number of hydrogen-bond donors (Lipinski definition) is 1. The Labute approximate surface area is 193 Å². The van der Waals surface area contributed by atoms with Crippen molar-refractivity contribution in [2.75, 3.05) is 46.3 Å². The molecule has 0 bridgehead atoms. The van der Waals surface area contributed by atoms with Crippen molar-refractivity contribution in [2.45, 2.75) is 37.8 Å². The lowest BCUT2D eigenvalue weighted by atomic mass is 9.85. The van der Waals surface area contributed by atoms with Crippen molar-refractivity contribution < 1.29 is 24.3 Å². The zero-order valence-corrected chi connectivity index (χ0v) is 19.1. The molecule has 3 fully saturated rings. The largest absolute Gasteiger partial charge is 0.480 e. The molecule has 3 aliphatic heterocycles. The Morgan fingerprint density at radius 2 is 1.79 bits per heavy atom. The molecular formula is C24H32N4O5. The molecule has 0 radical (unpaired) electrons. The van der Waals surface area contributed by atoms with Crippen LogP contribution in [0, 0.1) is 5.92 Å². The van der Waals surface area contributed by atoms with E-state index in [0.717, 1.165) is 5.56 Å². The average molecular weight is 457 g/mol. The van der Waals surface area contributed by atoms with E-state index >= 15 is 0 Å². The number of likely N-dealkylation sites (N-methyl/N-ethyl adjacent to an activating group) is 1. The van der Waals surface area contributed by atoms with Gasteiger partial charge in [0.1, 0.15) is 6.54 Å². The van der Waals surface area contributed by atoms with Gasteiger partial charge in [-0.2, -0.15) is 0 Å². The van der Waals surface area contributed by atoms with E-state index in [-0.39, 0.29) is 48.6 Å². The third kappa shape index (κ3) is 5.03. The van der Waals surface area contributed by atoms with Crippen molar-refractivity contribution in [1.29, 1.82) is 0 Å². The summed E-state index contributed by atoms with van der Waals surface area (Å²) < 4.78 is 0. The van der Waals surface area contributed by atoms with Crippen LogP contribution in [0.25, 0.3) is 0 Å². The highest BCUT2D eigenvalue weighted by Gasteiger charge is 2.45. The fraction of sp³-hybridized carbons (Fsp3) is 0.583. The number of carbonyl (C=O) groups excluding carboxylic acids is 3. The molecule has 2 atom stereocenters. The summed E-state index contributed by atoms with van der Waals surface area (Å²) in [6, 6.07) is 9.78. The van der Waals surface area contributed by atoms with E-state index in [9.17, 15) is 19.2 Å². The summed E-state index contributed by atoms with van der Waals surface area (Å²) in [7, 11) is 2.01. The van der Waals surface area contributed by atoms with E-state index in [1.807, 2.05) is 42.3 Å². The van der Waals surface area contributed by atoms with E-state index in [4.69, 9.17) is 5.11 Å². The minimum Gasteiger partial charge on any atom is -0.480 e. The fourth-order valence-corrected chi connectivity index (χ4v) is 5.36. The molecule has 1 N–H and O–H groups in total. The minimum atomic E-state index is -1.01. The first kappa shape index (κ1) is 23.2. The van der Waals surface area contributed by atoms with Gasteiger partial charge in [-0.25, -0.2) is 0 Å². The maximum atomic E-state index is 13.4. The second kappa shape index (κ2) is 9.51. The molecule has 3 saturated heterocycles. The molecule has 4 rings (SSSR count). The van der Waals surface area contributed by atoms with E-state index in [1.54, 1.807) is 4.90 Å². The highest BCUT2D eigenvalue weighted by Crippen LogP contribution is 2.33. The topological polar surface area (TPSA) is 101 Å². The molecule has 33 heavy (non-hydrogen) atoms. The van der Waals surface area contributed by atoms with E-state index in [1.165, 1.54) is 4.90 Å². The van der Waals surface area contributed by atoms with Gasteiger partial charge in [-0.05, 0) is 25.5 Å². The van der Waals surface area contributed by atoms with Crippen molar-refractivity contribution in [3.63, 3.8) is 0 Å². The Kier molecular flexibility index (Phi) is 6.69. The zero-order valence-electron chi connectivity index (χ0n) is 19.1. The maximum absolute atomic E-state index is 13.4. The Hall–Kier alpha value is -2.94. The molecule has 3 amide bonds. The molecule has 0 saturated carbocycles. The molecule has 2 unspecified atom stereocenters. The highest BCUT2D eigenvalue weighted by atomic mass is 16.4. The van der Waals surface area contributed by atoms with Crippen LogP contribution in [0.2, 0.25) is 0 Å². The molecule has 9 heteroatoms. The van der Waals surface area contributed by atoms with Crippen LogP contribution < -0.4 is 0 Å². The molecule has 9 nitrogen and oxygen atoms in total. The third-order valence-corrected chi connectivity index (χ3v) is 7.42. The first-order valence-electron chi connectivity index (χ1n) is 11.6. The second-order valence-electron chi connectivity index (χ2n) is 9.53. The number of carbonyl (C=O) groups is 4. The van der Waals surface area contributed by atoms with Gasteiger partial charge in [0, 0.05) is 57.6 Å². The number of rotatable bonds is 5. The molecule has 1 aromatic carbocycles. The molecule has 0 aliphatic carbocycles. The summed E-state index contributed by atoms with van der Waals surface area (Å²) in [5.74, 6) is -1.50. The number of hydrogen-bond acceptors (Lipinski definition) is 5. The fourth-order valence-electron chi connectivity index (χ4n) is 5.36. The lowest BCUT2D eigenvalue weighted by Crippen LogP contribution is -2.62. The molecule has 0 aromatic heterocycles. The van der Waals surface area contributed by atoms with Crippen LogP contribution in [0.1, 0.15) is 31.2 Å². The van der Waals surface area contributed by atoms with Gasteiger partial charge in [0.05, 0.1) is 5.92 Å². The quantitative estimate of drug-likeness (QED) is 0.698. The Morgan fingerprint density at radius 1 is 1.03 bits per heavy atom. The van der Waals surface area contributed by atoms with Crippen LogP contribution >= 0.6 is 0 Å². The first-order valence-corrected chi connectivity index (χ1v) is 11.6. The van der Waals surface area contributed by atoms with E-state index in [0.29, 0.717) is 52.1 Å². The number of carboxylic acid groups (broad SMARTS) is 1. The molecule has 3 heterocycles. The number of carboxylic acids is 1. The summed E-state index contributed by atoms with van der Waals surface area (Å²) in [5.41, 5.74) is 0.690. The lowest BCUT2D eigenvalue weighted by molar-refractivity contribution is -0.144. The third-order valence-electron chi connectivity index (χ3n) is 7.42. The smallest absolute Gasteiger partial charge is 0.323 e. The van der Waals surface area contributed by atoms with Crippen molar-refractivity contribution in [1.82, 2.24) is 19.6 Å². The maximum Gasteiger partial charge on any atom is 0.323 e. The number of nitrogens with zero attached hydrogens (tertiary/aromatic N) is 4. The number of piperazine rings is 1. The van der Waals surface area contributed by atoms with Gasteiger partial charge in [0.25, 0.3) is 0 Å². The summed E-state index contributed by atoms with van der Waals surface area (Å²) >= 11 is 0. The second-order valence-corrected chi connectivity index (χ2v) is 9.53. The van der Waals surface area contributed by atoms with Gasteiger partial charge in [-0.1, -0.05) is 30.3 Å². The van der Waals surface area contributed by atoms with Gasteiger partial charge in [0.2, 0.25) is 17.7 Å². The van der Waals surface area contributed by atoms with Crippen LogP contribution in [0.4, 0.5) is 0 Å². The zero-order chi connectivity index (χ0) is 23.6. The van der Waals surface area contributed by atoms with Crippen LogP contribution in [-0.2, 0) is 25.7 Å². The van der Waals surface area contributed by atoms with Gasteiger partial charge in [-0.15, -0.1) is 0 Å². The number of benzene rings is 1. The summed E-state index contributed by atoms with van der Waals surface area (Å²) in [4.78, 5) is 56.8. The molecule has 1 spiro atoms. The van der Waals surface area contributed by atoms with Gasteiger partial charge in [-0.3, -0.25) is 24.1 Å². The standard InChI is InChI=1S/C24H32N4O5/c1-25-11-12-27(17-24(25)8-7-20(29)26(10-9-24)16-22(31)32)23(33)19-13-21(30)28(15-19)14-18-5-3-2-4-6-18/h2-6,19H,7-17H2,1H3,(H,31,32). The molecule has 3 aliphatic rings. The number of amides is 3. The lowest BCUT2D eigenvalue weighted by Gasteiger charge is -2.49. The van der Waals surface area contributed by atoms with Crippen molar-refractivity contribution in [3.8, 4) is 0 Å². The molecule has 178 valence electrons. The Balaban J connectivity index is 1.41. The predicted octanol–water partition coefficient (Wildman–Crippen LogP) is 0.645. The molecule has 1 aromatic rings. The molecular weight excluding hydrogens is 424 g/mol. The van der Waals surface area contributed by atoms with Gasteiger partial charge in [0.15, 0.2) is 0 Å². The Bertz CT molecular complexity index is 923. The normalized spacial score (nSPS) is 26.7. The van der Waals surface area contributed by atoms with E-state index in [2.05, 4.69) is 4.90 Å². The van der Waals surface area contributed by atoms with Gasteiger partial charge < -0.3 is 19.8 Å². The van der Waals surface area contributed by atoms with Crippen LogP contribution in [0.3, 0.4) is 0 Å². The SMILES string of the molecule is CN1CCN(C(=O)C2CC(=O)N(Cc3ccccc3)C2)CC12CCC(=O)N(CC(=O)O)CC2. The summed E-state index contributed by atoms with van der Waals surface area (Å²) in [6.07, 6.45) is 1.71. The number of aliphatic carboxylic acids is 1.